The van der Waals surface area contributed by atoms with Crippen LogP contribution in [0.15, 0.2) is 28.7 Å². The van der Waals surface area contributed by atoms with Gasteiger partial charge in [-0.25, -0.2) is 0 Å². The van der Waals surface area contributed by atoms with Crippen molar-refractivity contribution < 1.29 is 14.3 Å². The third-order valence-electron chi connectivity index (χ3n) is 2.29. The van der Waals surface area contributed by atoms with Gasteiger partial charge in [0.05, 0.1) is 7.11 Å². The Kier molecular flexibility index (Phi) is 3.91. The van der Waals surface area contributed by atoms with Gasteiger partial charge in [-0.1, -0.05) is 12.1 Å². The Balaban J connectivity index is 2.16. The summed E-state index contributed by atoms with van der Waals surface area (Å²) >= 11 is 4.86. The molecule has 2 aromatic rings. The van der Waals surface area contributed by atoms with Crippen molar-refractivity contribution in [3.05, 3.63) is 40.6 Å². The Labute approximate surface area is 109 Å². The van der Waals surface area contributed by atoms with E-state index in [1.165, 1.54) is 4.68 Å². The predicted molar refractivity (Wildman–Crippen MR) is 69.5 cm³/mol. The molecule has 0 unspecified atom stereocenters. The van der Waals surface area contributed by atoms with Crippen LogP contribution in [0.5, 0.6) is 5.75 Å². The molecule has 0 bridgehead atoms. The number of hydrogen-bond donors (Lipinski definition) is 1. The van der Waals surface area contributed by atoms with E-state index in [9.17, 15) is 0 Å². The topological polar surface area (TPSA) is 60.4 Å². The summed E-state index contributed by atoms with van der Waals surface area (Å²) in [5.41, 5.74) is 0.982. The minimum atomic E-state index is -0.293. The van der Waals surface area contributed by atoms with E-state index < -0.39 is 0 Å². The molecule has 5 nitrogen and oxygen atoms in total. The van der Waals surface area contributed by atoms with Gasteiger partial charge in [0.1, 0.15) is 12.5 Å². The van der Waals surface area contributed by atoms with Crippen LogP contribution in [0.3, 0.4) is 0 Å². The molecule has 0 saturated heterocycles. The third-order valence-corrected chi connectivity index (χ3v) is 2.58. The molecule has 2 rings (SSSR count). The maximum absolute atomic E-state index is 8.91. The number of nitrogens with zero attached hydrogens (tertiary/aromatic N) is 2. The van der Waals surface area contributed by atoms with Crippen LogP contribution in [0.4, 0.5) is 0 Å². The number of rotatable bonds is 4. The fourth-order valence-corrected chi connectivity index (χ4v) is 1.55. The van der Waals surface area contributed by atoms with Gasteiger partial charge in [-0.05, 0) is 36.0 Å². The molecule has 0 aliphatic heterocycles. The SMILES string of the molecule is COc1ccc(/C=C/c2nn(CO)c(=S)o2)cc1. The molecule has 0 spiro atoms. The van der Waals surface area contributed by atoms with Gasteiger partial charge in [0.15, 0.2) is 0 Å². The molecular formula is C12H12N2O3S. The fourth-order valence-electron chi connectivity index (χ4n) is 1.36. The van der Waals surface area contributed by atoms with E-state index in [2.05, 4.69) is 5.10 Å². The molecule has 1 N–H and O–H groups in total. The standard InChI is InChI=1S/C12H12N2O3S/c1-16-10-5-2-9(3-6-10)4-7-11-13-14(8-15)12(18)17-11/h2-7,15H,8H2,1H3/b7-4+. The second-order valence-electron chi connectivity index (χ2n) is 3.45. The second-order valence-corrected chi connectivity index (χ2v) is 3.80. The Morgan fingerprint density at radius 2 is 2.11 bits per heavy atom. The molecule has 1 heterocycles. The van der Waals surface area contributed by atoms with Crippen molar-refractivity contribution in [2.24, 2.45) is 0 Å². The lowest BCUT2D eigenvalue weighted by atomic mass is 10.2. The number of hydrogen-bond acceptors (Lipinski definition) is 5. The molecule has 94 valence electrons. The van der Waals surface area contributed by atoms with Crippen LogP contribution < -0.4 is 4.74 Å². The molecule has 1 aromatic carbocycles. The first-order valence-corrected chi connectivity index (χ1v) is 5.64. The first-order valence-electron chi connectivity index (χ1n) is 5.24. The van der Waals surface area contributed by atoms with Gasteiger partial charge in [-0.3, -0.25) is 0 Å². The zero-order valence-electron chi connectivity index (χ0n) is 9.74. The molecule has 1 aromatic heterocycles. The van der Waals surface area contributed by atoms with Crippen LogP contribution in [0, 0.1) is 4.84 Å². The molecule has 0 radical (unpaired) electrons. The molecule has 0 saturated carbocycles. The summed E-state index contributed by atoms with van der Waals surface area (Å²) in [7, 11) is 1.62. The van der Waals surface area contributed by atoms with Gasteiger partial charge < -0.3 is 14.3 Å². The van der Waals surface area contributed by atoms with Crippen molar-refractivity contribution in [1.29, 1.82) is 0 Å². The Hall–Kier alpha value is -1.92. The van der Waals surface area contributed by atoms with Gasteiger partial charge in [-0.15, -0.1) is 5.10 Å². The molecule has 0 amide bonds. The Morgan fingerprint density at radius 3 is 2.67 bits per heavy atom. The molecular weight excluding hydrogens is 252 g/mol. The van der Waals surface area contributed by atoms with Gasteiger partial charge in [0.2, 0.25) is 5.89 Å². The lowest BCUT2D eigenvalue weighted by Gasteiger charge is -1.98. The normalized spacial score (nSPS) is 11.0. The molecule has 0 fully saturated rings. The number of methoxy groups -OCH3 is 1. The maximum Gasteiger partial charge on any atom is 0.289 e. The van der Waals surface area contributed by atoms with Gasteiger partial charge in [0.25, 0.3) is 4.84 Å². The number of aliphatic hydroxyl groups is 1. The van der Waals surface area contributed by atoms with Crippen molar-refractivity contribution in [2.75, 3.05) is 7.11 Å². The predicted octanol–water partition coefficient (Wildman–Crippen LogP) is 2.33. The summed E-state index contributed by atoms with van der Waals surface area (Å²) in [5, 5.41) is 12.9. The zero-order valence-corrected chi connectivity index (χ0v) is 10.6. The highest BCUT2D eigenvalue weighted by Gasteiger charge is 2.00. The van der Waals surface area contributed by atoms with E-state index in [1.807, 2.05) is 30.3 Å². The Bertz CT molecular complexity index is 599. The number of aliphatic hydroxyl groups excluding tert-OH is 1. The third kappa shape index (κ3) is 2.85. The fraction of sp³-hybridized carbons (Fsp3) is 0.167. The monoisotopic (exact) mass is 264 g/mol. The van der Waals surface area contributed by atoms with Crippen LogP contribution in [0.2, 0.25) is 0 Å². The summed E-state index contributed by atoms with van der Waals surface area (Å²) in [5.74, 6) is 1.15. The van der Waals surface area contributed by atoms with Crippen molar-refractivity contribution in [1.82, 2.24) is 9.78 Å². The molecule has 0 aliphatic carbocycles. The van der Waals surface area contributed by atoms with Gasteiger partial charge >= 0.3 is 0 Å². The number of ether oxygens (including phenoxy) is 1. The van der Waals surface area contributed by atoms with Crippen LogP contribution in [-0.4, -0.2) is 22.0 Å². The van der Waals surface area contributed by atoms with Crippen molar-refractivity contribution >= 4 is 24.4 Å². The average molecular weight is 264 g/mol. The summed E-state index contributed by atoms with van der Waals surface area (Å²) in [6, 6.07) is 7.54. The van der Waals surface area contributed by atoms with E-state index in [0.29, 0.717) is 5.89 Å². The van der Waals surface area contributed by atoms with Crippen LogP contribution in [-0.2, 0) is 6.73 Å². The Morgan fingerprint density at radius 1 is 1.39 bits per heavy atom. The van der Waals surface area contributed by atoms with E-state index in [4.69, 9.17) is 26.5 Å². The highest BCUT2D eigenvalue weighted by atomic mass is 32.1. The van der Waals surface area contributed by atoms with Crippen LogP contribution in [0.25, 0.3) is 12.2 Å². The largest absolute Gasteiger partial charge is 0.497 e. The second kappa shape index (κ2) is 5.61. The summed E-state index contributed by atoms with van der Waals surface area (Å²) in [6.07, 6.45) is 3.52. The van der Waals surface area contributed by atoms with Crippen molar-refractivity contribution in [3.63, 3.8) is 0 Å². The minimum absolute atomic E-state index is 0.145. The highest BCUT2D eigenvalue weighted by molar-refractivity contribution is 7.71. The van der Waals surface area contributed by atoms with Crippen molar-refractivity contribution in [2.45, 2.75) is 6.73 Å². The zero-order chi connectivity index (χ0) is 13.0. The molecule has 18 heavy (non-hydrogen) atoms. The molecule has 0 atom stereocenters. The van der Waals surface area contributed by atoms with E-state index in [0.717, 1.165) is 11.3 Å². The average Bonchev–Trinajstić information content (AvgIpc) is 2.77. The van der Waals surface area contributed by atoms with E-state index in [-0.39, 0.29) is 11.6 Å². The molecule has 6 heteroatoms. The number of benzene rings is 1. The summed E-state index contributed by atoms with van der Waals surface area (Å²) in [6.45, 7) is -0.293. The first-order chi connectivity index (χ1) is 8.72. The van der Waals surface area contributed by atoms with Gasteiger partial charge in [-0.2, -0.15) is 4.68 Å². The lowest BCUT2D eigenvalue weighted by Crippen LogP contribution is -1.98. The van der Waals surface area contributed by atoms with Crippen LogP contribution >= 0.6 is 12.2 Å². The summed E-state index contributed by atoms with van der Waals surface area (Å²) < 4.78 is 11.4. The van der Waals surface area contributed by atoms with Crippen LogP contribution in [0.1, 0.15) is 11.5 Å². The maximum atomic E-state index is 8.91. The van der Waals surface area contributed by atoms with E-state index >= 15 is 0 Å². The first kappa shape index (κ1) is 12.5. The highest BCUT2D eigenvalue weighted by Crippen LogP contribution is 2.13. The lowest BCUT2D eigenvalue weighted by molar-refractivity contribution is 0.190. The van der Waals surface area contributed by atoms with Gasteiger partial charge in [0, 0.05) is 6.08 Å². The summed E-state index contributed by atoms with van der Waals surface area (Å²) in [4.78, 5) is 0.145. The molecule has 0 aliphatic rings. The smallest absolute Gasteiger partial charge is 0.289 e. The number of aromatic nitrogens is 2. The quantitative estimate of drug-likeness (QED) is 0.859. The minimum Gasteiger partial charge on any atom is -0.497 e. The van der Waals surface area contributed by atoms with E-state index in [1.54, 1.807) is 13.2 Å². The van der Waals surface area contributed by atoms with Crippen molar-refractivity contribution in [3.8, 4) is 5.75 Å².